The predicted molar refractivity (Wildman–Crippen MR) is 77.2 cm³/mol. The predicted octanol–water partition coefficient (Wildman–Crippen LogP) is 4.16. The molecule has 0 saturated heterocycles. The summed E-state index contributed by atoms with van der Waals surface area (Å²) in [5.41, 5.74) is 1.57. The van der Waals surface area contributed by atoms with Crippen molar-refractivity contribution < 1.29 is 9.18 Å². The molecule has 4 heteroatoms. The van der Waals surface area contributed by atoms with Crippen LogP contribution in [-0.4, -0.2) is 5.91 Å². The zero-order valence-corrected chi connectivity index (χ0v) is 12.2. The van der Waals surface area contributed by atoms with Gasteiger partial charge in [-0.2, -0.15) is 0 Å². The fourth-order valence-electron chi connectivity index (χ4n) is 3.45. The van der Waals surface area contributed by atoms with Crippen LogP contribution in [0.25, 0.3) is 0 Å². The third-order valence-electron chi connectivity index (χ3n) is 4.55. The number of hydrogen-bond acceptors (Lipinski definition) is 1. The van der Waals surface area contributed by atoms with Crippen LogP contribution < -0.4 is 5.32 Å². The van der Waals surface area contributed by atoms with Crippen molar-refractivity contribution in [2.24, 2.45) is 5.92 Å². The summed E-state index contributed by atoms with van der Waals surface area (Å²) in [5, 5.41) is 3.50. The molecule has 1 aromatic rings. The number of carbonyl (C=O) groups excluding carboxylic acids is 1. The first-order valence-corrected chi connectivity index (χ1v) is 7.81. The van der Waals surface area contributed by atoms with Gasteiger partial charge in [0.15, 0.2) is 0 Å². The minimum atomic E-state index is -0.248. The first-order valence-electron chi connectivity index (χ1n) is 7.43. The van der Waals surface area contributed by atoms with E-state index in [2.05, 4.69) is 5.32 Å². The number of halogens is 2. The summed E-state index contributed by atoms with van der Waals surface area (Å²) in [7, 11) is 0. The highest BCUT2D eigenvalue weighted by Crippen LogP contribution is 2.35. The molecule has 1 N–H and O–H groups in total. The standard InChI is InChI=1S/C16H19ClFNO/c17-11-8-13-12(14(18)9-11)6-7-15(13)19-16(20)10-4-2-1-3-5-10/h8-10,15H,1-7H2,(H,19,20)/t15-/m1/s1. The van der Waals surface area contributed by atoms with E-state index in [9.17, 15) is 9.18 Å². The molecule has 2 aliphatic rings. The normalized spacial score (nSPS) is 22.6. The minimum Gasteiger partial charge on any atom is -0.349 e. The fourth-order valence-corrected chi connectivity index (χ4v) is 3.66. The molecular weight excluding hydrogens is 277 g/mol. The molecule has 2 aliphatic carbocycles. The molecule has 0 aromatic heterocycles. The summed E-state index contributed by atoms with van der Waals surface area (Å²) >= 11 is 5.93. The Labute approximate surface area is 123 Å². The lowest BCUT2D eigenvalue weighted by Gasteiger charge is -2.23. The SMILES string of the molecule is O=C(N[C@@H]1CCc2c(F)cc(Cl)cc21)C1CCCCC1. The Bertz CT molecular complexity index is 525. The van der Waals surface area contributed by atoms with Crippen molar-refractivity contribution in [3.63, 3.8) is 0 Å². The largest absolute Gasteiger partial charge is 0.349 e. The van der Waals surface area contributed by atoms with Gasteiger partial charge in [0.1, 0.15) is 5.82 Å². The lowest BCUT2D eigenvalue weighted by Crippen LogP contribution is -2.34. The van der Waals surface area contributed by atoms with E-state index in [0.717, 1.165) is 37.7 Å². The Kier molecular flexibility index (Phi) is 3.97. The van der Waals surface area contributed by atoms with Gasteiger partial charge in [0.05, 0.1) is 6.04 Å². The zero-order chi connectivity index (χ0) is 14.1. The van der Waals surface area contributed by atoms with Crippen molar-refractivity contribution in [3.8, 4) is 0 Å². The Balaban J connectivity index is 1.73. The smallest absolute Gasteiger partial charge is 0.223 e. The van der Waals surface area contributed by atoms with E-state index in [4.69, 9.17) is 11.6 Å². The van der Waals surface area contributed by atoms with Crippen LogP contribution in [0.4, 0.5) is 4.39 Å². The molecule has 1 aromatic carbocycles. The molecule has 1 amide bonds. The number of rotatable bonds is 2. The third kappa shape index (κ3) is 2.69. The monoisotopic (exact) mass is 295 g/mol. The third-order valence-corrected chi connectivity index (χ3v) is 4.76. The van der Waals surface area contributed by atoms with E-state index in [1.807, 2.05) is 0 Å². The van der Waals surface area contributed by atoms with Crippen molar-refractivity contribution in [1.29, 1.82) is 0 Å². The lowest BCUT2D eigenvalue weighted by atomic mass is 9.88. The van der Waals surface area contributed by atoms with Gasteiger partial charge in [-0.25, -0.2) is 4.39 Å². The maximum Gasteiger partial charge on any atom is 0.223 e. The Hall–Kier alpha value is -1.09. The van der Waals surface area contributed by atoms with E-state index >= 15 is 0 Å². The van der Waals surface area contributed by atoms with Gasteiger partial charge in [-0.15, -0.1) is 0 Å². The van der Waals surface area contributed by atoms with Crippen molar-refractivity contribution in [1.82, 2.24) is 5.32 Å². The molecule has 1 atom stereocenters. The van der Waals surface area contributed by atoms with Crippen LogP contribution in [0.2, 0.25) is 5.02 Å². The van der Waals surface area contributed by atoms with Gasteiger partial charge in [-0.05, 0) is 48.9 Å². The van der Waals surface area contributed by atoms with Crippen LogP contribution in [0.15, 0.2) is 12.1 Å². The van der Waals surface area contributed by atoms with E-state index in [0.29, 0.717) is 17.0 Å². The lowest BCUT2D eigenvalue weighted by molar-refractivity contribution is -0.126. The molecule has 1 saturated carbocycles. The molecule has 2 nitrogen and oxygen atoms in total. The zero-order valence-electron chi connectivity index (χ0n) is 11.4. The molecule has 0 bridgehead atoms. The van der Waals surface area contributed by atoms with Crippen molar-refractivity contribution >= 4 is 17.5 Å². The number of benzene rings is 1. The van der Waals surface area contributed by atoms with Crippen molar-refractivity contribution in [2.45, 2.75) is 51.0 Å². The second-order valence-electron chi connectivity index (χ2n) is 5.89. The van der Waals surface area contributed by atoms with Gasteiger partial charge in [0, 0.05) is 10.9 Å². The second-order valence-corrected chi connectivity index (χ2v) is 6.33. The summed E-state index contributed by atoms with van der Waals surface area (Å²) in [6, 6.07) is 3.07. The molecule has 0 radical (unpaired) electrons. The molecule has 0 heterocycles. The van der Waals surface area contributed by atoms with E-state index in [1.54, 1.807) is 6.07 Å². The first-order chi connectivity index (χ1) is 9.65. The number of hydrogen-bond donors (Lipinski definition) is 1. The first kappa shape index (κ1) is 13.9. The number of fused-ring (bicyclic) bond motifs is 1. The van der Waals surface area contributed by atoms with Crippen molar-refractivity contribution in [3.05, 3.63) is 34.1 Å². The quantitative estimate of drug-likeness (QED) is 0.872. The summed E-state index contributed by atoms with van der Waals surface area (Å²) in [6.07, 6.45) is 6.92. The van der Waals surface area contributed by atoms with Gasteiger partial charge in [0.2, 0.25) is 5.91 Å². The van der Waals surface area contributed by atoms with Crippen LogP contribution in [0, 0.1) is 11.7 Å². The molecule has 0 aliphatic heterocycles. The van der Waals surface area contributed by atoms with Crippen LogP contribution in [0.5, 0.6) is 0 Å². The van der Waals surface area contributed by atoms with E-state index in [-0.39, 0.29) is 23.7 Å². The highest BCUT2D eigenvalue weighted by Gasteiger charge is 2.29. The molecule has 108 valence electrons. The topological polar surface area (TPSA) is 29.1 Å². The van der Waals surface area contributed by atoms with E-state index < -0.39 is 0 Å². The highest BCUT2D eigenvalue weighted by molar-refractivity contribution is 6.30. The summed E-state index contributed by atoms with van der Waals surface area (Å²) in [6.45, 7) is 0. The molecular formula is C16H19ClFNO. The molecule has 3 rings (SSSR count). The maximum atomic E-state index is 13.8. The Morgan fingerprint density at radius 1 is 1.20 bits per heavy atom. The molecule has 0 unspecified atom stereocenters. The molecule has 1 fully saturated rings. The van der Waals surface area contributed by atoms with Gasteiger partial charge in [-0.3, -0.25) is 4.79 Å². The second kappa shape index (κ2) is 5.72. The van der Waals surface area contributed by atoms with Gasteiger partial charge < -0.3 is 5.32 Å². The Morgan fingerprint density at radius 3 is 2.70 bits per heavy atom. The number of amides is 1. The van der Waals surface area contributed by atoms with Gasteiger partial charge in [-0.1, -0.05) is 30.9 Å². The Morgan fingerprint density at radius 2 is 1.95 bits per heavy atom. The van der Waals surface area contributed by atoms with Crippen LogP contribution in [0.1, 0.15) is 55.7 Å². The highest BCUT2D eigenvalue weighted by atomic mass is 35.5. The maximum absolute atomic E-state index is 13.8. The molecule has 0 spiro atoms. The summed E-state index contributed by atoms with van der Waals surface area (Å²) in [4.78, 5) is 12.3. The minimum absolute atomic E-state index is 0.0763. The number of carbonyl (C=O) groups is 1. The average molecular weight is 296 g/mol. The van der Waals surface area contributed by atoms with Crippen LogP contribution >= 0.6 is 11.6 Å². The summed E-state index contributed by atoms with van der Waals surface area (Å²) < 4.78 is 13.8. The fraction of sp³-hybridized carbons (Fsp3) is 0.562. The van der Waals surface area contributed by atoms with Crippen LogP contribution in [-0.2, 0) is 11.2 Å². The van der Waals surface area contributed by atoms with Gasteiger partial charge in [0.25, 0.3) is 0 Å². The molecule has 20 heavy (non-hydrogen) atoms. The van der Waals surface area contributed by atoms with Gasteiger partial charge >= 0.3 is 0 Å². The summed E-state index contributed by atoms with van der Waals surface area (Å²) in [5.74, 6) is 0.0154. The van der Waals surface area contributed by atoms with Crippen LogP contribution in [0.3, 0.4) is 0 Å². The average Bonchev–Trinajstić information content (AvgIpc) is 2.83. The van der Waals surface area contributed by atoms with E-state index in [1.165, 1.54) is 12.5 Å². The number of nitrogens with one attached hydrogen (secondary N) is 1. The van der Waals surface area contributed by atoms with Crippen molar-refractivity contribution in [2.75, 3.05) is 0 Å².